The second kappa shape index (κ2) is 3.75. The zero-order valence-electron chi connectivity index (χ0n) is 7.79. The molecule has 2 rings (SSSR count). The van der Waals surface area contributed by atoms with Crippen molar-refractivity contribution in [3.05, 3.63) is 0 Å². The van der Waals surface area contributed by atoms with Gasteiger partial charge in [0.15, 0.2) is 6.29 Å². The van der Waals surface area contributed by atoms with E-state index in [1.807, 2.05) is 0 Å². The van der Waals surface area contributed by atoms with Crippen LogP contribution in [0.2, 0.25) is 0 Å². The van der Waals surface area contributed by atoms with Gasteiger partial charge in [-0.3, -0.25) is 0 Å². The molecule has 12 heavy (non-hydrogen) atoms. The van der Waals surface area contributed by atoms with E-state index >= 15 is 0 Å². The first-order valence-electron chi connectivity index (χ1n) is 5.13. The largest absolute Gasteiger partial charge is 0.352 e. The lowest BCUT2D eigenvalue weighted by molar-refractivity contribution is -0.230. The summed E-state index contributed by atoms with van der Waals surface area (Å²) in [5.74, 6) is 0.688. The summed E-state index contributed by atoms with van der Waals surface area (Å²) in [5.41, 5.74) is 0. The van der Waals surface area contributed by atoms with Crippen molar-refractivity contribution in [1.29, 1.82) is 0 Å². The Bertz CT molecular complexity index is 141. The van der Waals surface area contributed by atoms with Gasteiger partial charge in [-0.1, -0.05) is 12.8 Å². The van der Waals surface area contributed by atoms with Crippen LogP contribution >= 0.6 is 0 Å². The maximum absolute atomic E-state index is 5.75. The van der Waals surface area contributed by atoms with Gasteiger partial charge in [0, 0.05) is 5.92 Å². The first-order valence-corrected chi connectivity index (χ1v) is 5.13. The van der Waals surface area contributed by atoms with Crippen LogP contribution in [0.3, 0.4) is 0 Å². The highest BCUT2D eigenvalue weighted by atomic mass is 16.7. The van der Waals surface area contributed by atoms with Crippen LogP contribution in [-0.2, 0) is 9.47 Å². The van der Waals surface area contributed by atoms with Gasteiger partial charge in [0.2, 0.25) is 0 Å². The minimum atomic E-state index is 0.122. The summed E-state index contributed by atoms with van der Waals surface area (Å²) >= 11 is 0. The third-order valence-electron chi connectivity index (χ3n) is 2.96. The zero-order valence-corrected chi connectivity index (χ0v) is 7.79. The Labute approximate surface area is 74.2 Å². The molecule has 0 bridgehead atoms. The highest BCUT2D eigenvalue weighted by Gasteiger charge is 2.30. The van der Waals surface area contributed by atoms with Crippen molar-refractivity contribution in [2.75, 3.05) is 6.61 Å². The molecule has 2 fully saturated rings. The van der Waals surface area contributed by atoms with Crippen molar-refractivity contribution in [3.63, 3.8) is 0 Å². The summed E-state index contributed by atoms with van der Waals surface area (Å²) in [7, 11) is 0. The highest BCUT2D eigenvalue weighted by Crippen LogP contribution is 2.32. The van der Waals surface area contributed by atoms with E-state index in [1.165, 1.54) is 25.7 Å². The van der Waals surface area contributed by atoms with Crippen LogP contribution < -0.4 is 0 Å². The van der Waals surface area contributed by atoms with Crippen molar-refractivity contribution >= 4 is 0 Å². The Morgan fingerprint density at radius 1 is 1.08 bits per heavy atom. The van der Waals surface area contributed by atoms with Crippen LogP contribution in [0.25, 0.3) is 0 Å². The molecule has 2 nitrogen and oxygen atoms in total. The second-order valence-electron chi connectivity index (χ2n) is 4.02. The smallest absolute Gasteiger partial charge is 0.160 e. The molecular weight excluding hydrogens is 152 g/mol. The lowest BCUT2D eigenvalue weighted by Crippen LogP contribution is -2.35. The molecule has 70 valence electrons. The van der Waals surface area contributed by atoms with Gasteiger partial charge in [-0.2, -0.15) is 0 Å². The van der Waals surface area contributed by atoms with E-state index in [2.05, 4.69) is 6.92 Å². The molecule has 1 aliphatic carbocycles. The number of hydrogen-bond donors (Lipinski definition) is 0. The number of ether oxygens (including phenoxy) is 2. The van der Waals surface area contributed by atoms with Gasteiger partial charge >= 0.3 is 0 Å². The Morgan fingerprint density at radius 3 is 2.50 bits per heavy atom. The summed E-state index contributed by atoms with van der Waals surface area (Å²) < 4.78 is 11.4. The lowest BCUT2D eigenvalue weighted by Gasteiger charge is -2.31. The van der Waals surface area contributed by atoms with E-state index < -0.39 is 0 Å². The molecule has 0 radical (unpaired) electrons. The molecule has 1 aliphatic heterocycles. The minimum Gasteiger partial charge on any atom is -0.352 e. The van der Waals surface area contributed by atoms with Crippen LogP contribution in [0.1, 0.15) is 39.0 Å². The van der Waals surface area contributed by atoms with Gasteiger partial charge in [0.25, 0.3) is 0 Å². The normalized spacial score (nSPS) is 38.8. The van der Waals surface area contributed by atoms with Crippen LogP contribution in [-0.4, -0.2) is 19.0 Å². The maximum Gasteiger partial charge on any atom is 0.160 e. The summed E-state index contributed by atoms with van der Waals surface area (Å²) in [6, 6.07) is 0. The predicted octanol–water partition coefficient (Wildman–Crippen LogP) is 2.33. The van der Waals surface area contributed by atoms with Gasteiger partial charge in [0.05, 0.1) is 12.7 Å². The van der Waals surface area contributed by atoms with Gasteiger partial charge in [0.1, 0.15) is 0 Å². The van der Waals surface area contributed by atoms with E-state index in [4.69, 9.17) is 9.47 Å². The van der Waals surface area contributed by atoms with E-state index in [-0.39, 0.29) is 6.29 Å². The zero-order chi connectivity index (χ0) is 8.39. The predicted molar refractivity (Wildman–Crippen MR) is 46.9 cm³/mol. The van der Waals surface area contributed by atoms with Crippen molar-refractivity contribution in [1.82, 2.24) is 0 Å². The van der Waals surface area contributed by atoms with E-state index in [0.29, 0.717) is 12.0 Å². The van der Waals surface area contributed by atoms with Crippen LogP contribution in [0.4, 0.5) is 0 Å². The molecule has 1 unspecified atom stereocenters. The van der Waals surface area contributed by atoms with E-state index in [1.54, 1.807) is 0 Å². The molecule has 1 saturated carbocycles. The first-order chi connectivity index (χ1) is 5.86. The van der Waals surface area contributed by atoms with Crippen molar-refractivity contribution in [2.24, 2.45) is 5.92 Å². The van der Waals surface area contributed by atoms with E-state index in [0.717, 1.165) is 13.0 Å². The van der Waals surface area contributed by atoms with Gasteiger partial charge < -0.3 is 9.47 Å². The van der Waals surface area contributed by atoms with Gasteiger partial charge in [-0.15, -0.1) is 0 Å². The Morgan fingerprint density at radius 2 is 1.83 bits per heavy atom. The lowest BCUT2D eigenvalue weighted by atomic mass is 10.1. The summed E-state index contributed by atoms with van der Waals surface area (Å²) in [6.07, 6.45) is 6.92. The standard InChI is InChI=1S/C10H18O2/c1-8-6-7-11-10(12-8)9-4-2-3-5-9/h8-10H,2-7H2,1H3/t8-,10?/m1/s1. The van der Waals surface area contributed by atoms with Crippen LogP contribution in [0, 0.1) is 5.92 Å². The molecular formula is C10H18O2. The Hall–Kier alpha value is -0.0800. The van der Waals surface area contributed by atoms with E-state index in [9.17, 15) is 0 Å². The molecule has 0 amide bonds. The van der Waals surface area contributed by atoms with Crippen molar-refractivity contribution < 1.29 is 9.47 Å². The molecule has 0 aromatic carbocycles. The Kier molecular flexibility index (Phi) is 2.66. The molecule has 0 aromatic heterocycles. The molecule has 1 heterocycles. The molecule has 0 aromatic rings. The number of hydrogen-bond acceptors (Lipinski definition) is 2. The summed E-state index contributed by atoms with van der Waals surface area (Å²) in [6.45, 7) is 3.03. The topological polar surface area (TPSA) is 18.5 Å². The quantitative estimate of drug-likeness (QED) is 0.601. The Balaban J connectivity index is 1.85. The fourth-order valence-electron chi connectivity index (χ4n) is 2.16. The molecule has 2 heteroatoms. The summed E-state index contributed by atoms with van der Waals surface area (Å²) in [5, 5.41) is 0. The monoisotopic (exact) mass is 170 g/mol. The average molecular weight is 170 g/mol. The van der Waals surface area contributed by atoms with Crippen molar-refractivity contribution in [2.45, 2.75) is 51.4 Å². The molecule has 1 saturated heterocycles. The molecule has 0 spiro atoms. The van der Waals surface area contributed by atoms with Gasteiger partial charge in [-0.05, 0) is 26.2 Å². The van der Waals surface area contributed by atoms with Gasteiger partial charge in [-0.25, -0.2) is 0 Å². The second-order valence-corrected chi connectivity index (χ2v) is 4.02. The third-order valence-corrected chi connectivity index (χ3v) is 2.96. The fraction of sp³-hybridized carbons (Fsp3) is 1.00. The van der Waals surface area contributed by atoms with Crippen molar-refractivity contribution in [3.8, 4) is 0 Å². The third kappa shape index (κ3) is 1.80. The summed E-state index contributed by atoms with van der Waals surface area (Å²) in [4.78, 5) is 0. The van der Waals surface area contributed by atoms with Crippen LogP contribution in [0.15, 0.2) is 0 Å². The molecule has 2 atom stereocenters. The fourth-order valence-corrected chi connectivity index (χ4v) is 2.16. The maximum atomic E-state index is 5.75. The average Bonchev–Trinajstić information content (AvgIpc) is 2.56. The minimum absolute atomic E-state index is 0.122. The molecule has 2 aliphatic rings. The SMILES string of the molecule is C[C@@H]1CCOC(C2CCCC2)O1. The highest BCUT2D eigenvalue weighted by molar-refractivity contribution is 4.73. The first kappa shape index (κ1) is 8.52. The number of rotatable bonds is 1. The van der Waals surface area contributed by atoms with Crippen LogP contribution in [0.5, 0.6) is 0 Å². The molecule has 0 N–H and O–H groups in total.